The maximum absolute atomic E-state index is 13.4. The van der Waals surface area contributed by atoms with Gasteiger partial charge in [-0.25, -0.2) is 4.39 Å². The Morgan fingerprint density at radius 3 is 2.50 bits per heavy atom. The molecule has 3 aliphatic carbocycles. The molecule has 0 aromatic carbocycles. The second-order valence-corrected chi connectivity index (χ2v) is 8.02. The summed E-state index contributed by atoms with van der Waals surface area (Å²) >= 11 is 0. The van der Waals surface area contributed by atoms with Crippen LogP contribution in [0.5, 0.6) is 0 Å². The van der Waals surface area contributed by atoms with Gasteiger partial charge < -0.3 is 15.0 Å². The molecule has 3 saturated carbocycles. The number of nitriles is 1. The molecular weight excluding hydrogens is 309 g/mol. The number of rotatable bonds is 5. The summed E-state index contributed by atoms with van der Waals surface area (Å²) in [6.45, 7) is 0.284. The third kappa shape index (κ3) is 3.43. The number of alkyl halides is 1. The van der Waals surface area contributed by atoms with E-state index in [9.17, 15) is 9.18 Å². The van der Waals surface area contributed by atoms with Crippen molar-refractivity contribution in [3.05, 3.63) is 0 Å². The molecule has 0 aromatic rings. The minimum atomic E-state index is -1.06. The number of ether oxygens (including phenoxy) is 1. The van der Waals surface area contributed by atoms with E-state index in [2.05, 4.69) is 5.32 Å². The molecule has 24 heavy (non-hydrogen) atoms. The Morgan fingerprint density at radius 2 is 1.88 bits per heavy atom. The molecule has 1 amide bonds. The van der Waals surface area contributed by atoms with Crippen LogP contribution >= 0.6 is 0 Å². The van der Waals surface area contributed by atoms with Gasteiger partial charge in [-0.1, -0.05) is 0 Å². The molecule has 2 unspecified atom stereocenters. The number of hydrogen-bond acceptors (Lipinski definition) is 4. The van der Waals surface area contributed by atoms with E-state index in [4.69, 9.17) is 10.00 Å². The van der Waals surface area contributed by atoms with Crippen molar-refractivity contribution < 1.29 is 13.9 Å². The van der Waals surface area contributed by atoms with Gasteiger partial charge in [0.25, 0.3) is 0 Å². The molecule has 6 atom stereocenters. The van der Waals surface area contributed by atoms with E-state index >= 15 is 0 Å². The first-order valence-corrected chi connectivity index (χ1v) is 9.34. The average molecular weight is 335 g/mol. The Bertz CT molecular complexity index is 519. The SMILES string of the molecule is N#C[C@@H]1C[C@H](F)CN1C(=O)CNC1C[C@@H]2CC(OC3CC3)C[C@@H]2C1. The van der Waals surface area contributed by atoms with Crippen LogP contribution in [0.3, 0.4) is 0 Å². The first-order valence-electron chi connectivity index (χ1n) is 9.34. The summed E-state index contributed by atoms with van der Waals surface area (Å²) in [7, 11) is 0. The molecule has 4 aliphatic rings. The number of carbonyl (C=O) groups is 1. The highest BCUT2D eigenvalue weighted by atomic mass is 19.1. The molecule has 0 bridgehead atoms. The van der Waals surface area contributed by atoms with E-state index in [0.717, 1.165) is 24.7 Å². The molecule has 1 saturated heterocycles. The number of fused-ring (bicyclic) bond motifs is 1. The van der Waals surface area contributed by atoms with Gasteiger partial charge in [0.1, 0.15) is 12.2 Å². The van der Waals surface area contributed by atoms with Gasteiger partial charge in [0.15, 0.2) is 0 Å². The molecule has 0 aromatic heterocycles. The highest BCUT2D eigenvalue weighted by Crippen LogP contribution is 2.46. The van der Waals surface area contributed by atoms with Gasteiger partial charge in [-0.15, -0.1) is 0 Å². The average Bonchev–Trinajstić information content (AvgIpc) is 2.98. The normalized spacial score (nSPS) is 41.4. The fourth-order valence-corrected chi connectivity index (χ4v) is 4.83. The van der Waals surface area contributed by atoms with Crippen LogP contribution < -0.4 is 5.32 Å². The molecule has 1 N–H and O–H groups in total. The lowest BCUT2D eigenvalue weighted by molar-refractivity contribution is -0.130. The Morgan fingerprint density at radius 1 is 1.17 bits per heavy atom. The minimum absolute atomic E-state index is 0.0643. The van der Waals surface area contributed by atoms with E-state index in [-0.39, 0.29) is 25.4 Å². The van der Waals surface area contributed by atoms with Gasteiger partial charge in [-0.2, -0.15) is 5.26 Å². The van der Waals surface area contributed by atoms with Gasteiger partial charge in [-0.05, 0) is 50.4 Å². The topological polar surface area (TPSA) is 65.4 Å². The van der Waals surface area contributed by atoms with Crippen molar-refractivity contribution in [2.75, 3.05) is 13.1 Å². The minimum Gasteiger partial charge on any atom is -0.375 e. The third-order valence-electron chi connectivity index (χ3n) is 6.14. The monoisotopic (exact) mass is 335 g/mol. The number of amides is 1. The summed E-state index contributed by atoms with van der Waals surface area (Å²) in [5.74, 6) is 1.29. The summed E-state index contributed by atoms with van der Waals surface area (Å²) in [6.07, 6.45) is 7.09. The van der Waals surface area contributed by atoms with Crippen LogP contribution in [-0.4, -0.2) is 54.4 Å². The lowest BCUT2D eigenvalue weighted by Gasteiger charge is -2.21. The highest BCUT2D eigenvalue weighted by Gasteiger charge is 2.43. The zero-order chi connectivity index (χ0) is 16.7. The summed E-state index contributed by atoms with van der Waals surface area (Å²) in [4.78, 5) is 13.7. The third-order valence-corrected chi connectivity index (χ3v) is 6.14. The highest BCUT2D eigenvalue weighted by molar-refractivity contribution is 5.79. The van der Waals surface area contributed by atoms with Crippen LogP contribution in [-0.2, 0) is 9.53 Å². The van der Waals surface area contributed by atoms with Gasteiger partial charge >= 0.3 is 0 Å². The standard InChI is InChI=1S/C18H26FN3O2/c19-13-7-15(8-20)22(10-13)18(23)9-21-14-3-11-5-17(6-12(11)4-14)24-16-1-2-16/h11-17,21H,1-7,9-10H2/t11-,12+,13-,14?,15-,17?/m0/s1. The van der Waals surface area contributed by atoms with Crippen molar-refractivity contribution in [1.82, 2.24) is 10.2 Å². The van der Waals surface area contributed by atoms with E-state index in [1.165, 1.54) is 30.6 Å². The van der Waals surface area contributed by atoms with Crippen molar-refractivity contribution in [3.63, 3.8) is 0 Å². The second kappa shape index (κ2) is 6.61. The molecule has 0 radical (unpaired) electrons. The van der Waals surface area contributed by atoms with E-state index in [1.54, 1.807) is 0 Å². The van der Waals surface area contributed by atoms with Crippen LogP contribution in [0, 0.1) is 23.2 Å². The molecule has 6 heteroatoms. The lowest BCUT2D eigenvalue weighted by atomic mass is 10.0. The number of halogens is 1. The Balaban J connectivity index is 1.21. The zero-order valence-electron chi connectivity index (χ0n) is 14.0. The number of likely N-dealkylation sites (tertiary alicyclic amines) is 1. The van der Waals surface area contributed by atoms with Crippen LogP contribution in [0.4, 0.5) is 4.39 Å². The fraction of sp³-hybridized carbons (Fsp3) is 0.889. The summed E-state index contributed by atoms with van der Waals surface area (Å²) in [5.41, 5.74) is 0. The van der Waals surface area contributed by atoms with Crippen LogP contribution in [0.25, 0.3) is 0 Å². The zero-order valence-corrected chi connectivity index (χ0v) is 14.0. The van der Waals surface area contributed by atoms with Crippen LogP contribution in [0.2, 0.25) is 0 Å². The first-order chi connectivity index (χ1) is 11.6. The molecule has 0 spiro atoms. The quantitative estimate of drug-likeness (QED) is 0.832. The molecule has 132 valence electrons. The molecule has 5 nitrogen and oxygen atoms in total. The maximum Gasteiger partial charge on any atom is 0.237 e. The number of carbonyl (C=O) groups excluding carboxylic acids is 1. The molecular formula is C18H26FN3O2. The predicted molar refractivity (Wildman–Crippen MR) is 85.8 cm³/mol. The maximum atomic E-state index is 13.4. The largest absolute Gasteiger partial charge is 0.375 e. The van der Waals surface area contributed by atoms with Crippen molar-refractivity contribution in [3.8, 4) is 6.07 Å². The molecule has 4 rings (SSSR count). The van der Waals surface area contributed by atoms with E-state index < -0.39 is 12.2 Å². The molecule has 1 aliphatic heterocycles. The van der Waals surface area contributed by atoms with Gasteiger partial charge in [-0.3, -0.25) is 4.79 Å². The second-order valence-electron chi connectivity index (χ2n) is 8.02. The number of hydrogen-bond donors (Lipinski definition) is 1. The Kier molecular flexibility index (Phi) is 4.48. The summed E-state index contributed by atoms with van der Waals surface area (Å²) in [6, 6.07) is 1.81. The fourth-order valence-electron chi connectivity index (χ4n) is 4.83. The number of nitrogens with zero attached hydrogens (tertiary/aromatic N) is 2. The van der Waals surface area contributed by atoms with E-state index in [1.807, 2.05) is 6.07 Å². The molecule has 4 fully saturated rings. The van der Waals surface area contributed by atoms with Gasteiger partial charge in [0.05, 0.1) is 31.4 Å². The first kappa shape index (κ1) is 16.3. The summed E-state index contributed by atoms with van der Waals surface area (Å²) < 4.78 is 19.5. The smallest absolute Gasteiger partial charge is 0.237 e. The van der Waals surface area contributed by atoms with Crippen LogP contribution in [0.1, 0.15) is 44.9 Å². The van der Waals surface area contributed by atoms with Gasteiger partial charge in [0.2, 0.25) is 5.91 Å². The number of nitrogens with one attached hydrogen (secondary N) is 1. The van der Waals surface area contributed by atoms with Crippen molar-refractivity contribution in [2.45, 2.75) is 75.4 Å². The van der Waals surface area contributed by atoms with Crippen molar-refractivity contribution in [1.29, 1.82) is 5.26 Å². The lowest BCUT2D eigenvalue weighted by Crippen LogP contribution is -2.43. The van der Waals surface area contributed by atoms with Crippen molar-refractivity contribution >= 4 is 5.91 Å². The van der Waals surface area contributed by atoms with Gasteiger partial charge in [0, 0.05) is 12.5 Å². The van der Waals surface area contributed by atoms with E-state index in [0.29, 0.717) is 18.2 Å². The molecule has 1 heterocycles. The van der Waals surface area contributed by atoms with Crippen LogP contribution in [0.15, 0.2) is 0 Å². The summed E-state index contributed by atoms with van der Waals surface area (Å²) in [5, 5.41) is 12.4. The van der Waals surface area contributed by atoms with Crippen molar-refractivity contribution in [2.24, 2.45) is 11.8 Å². The Labute approximate surface area is 142 Å². The predicted octanol–water partition coefficient (Wildman–Crippen LogP) is 1.77. The Hall–Kier alpha value is -1.19.